The minimum atomic E-state index is -0.775. The zero-order chi connectivity index (χ0) is 18.5. The molecule has 6 nitrogen and oxygen atoms in total. The van der Waals surface area contributed by atoms with E-state index in [9.17, 15) is 14.3 Å². The number of hydrogen-bond acceptors (Lipinski definition) is 4. The third kappa shape index (κ3) is 2.28. The maximum Gasteiger partial charge on any atom is 0.236 e. The summed E-state index contributed by atoms with van der Waals surface area (Å²) in [5.74, 6) is -2.30. The molecule has 4 aromatic rings. The number of nitrogens with zero attached hydrogens (tertiary/aromatic N) is 2. The van der Waals surface area contributed by atoms with Crippen molar-refractivity contribution >= 4 is 22.6 Å². The van der Waals surface area contributed by atoms with E-state index in [0.717, 1.165) is 16.5 Å². The third-order valence-corrected chi connectivity index (χ3v) is 4.86. The number of halogens is 1. The van der Waals surface area contributed by atoms with Crippen molar-refractivity contribution in [3.8, 4) is 16.9 Å². The molecule has 1 amide bonds. The summed E-state index contributed by atoms with van der Waals surface area (Å²) in [6, 6.07) is 11.4. The van der Waals surface area contributed by atoms with E-state index in [1.807, 2.05) is 24.3 Å². The van der Waals surface area contributed by atoms with E-state index < -0.39 is 17.5 Å². The standard InChI is InChI=1S/C20H13FN4O2/c21-14-7-10(5-6-16(14)26)17-13-8-22-19-18(13)12(9-23-25-19)11-3-1-2-4-15(11)24-20(17)27/h1-9,17,26H,(H,22,25)(H,24,27). The lowest BCUT2D eigenvalue weighted by Crippen LogP contribution is -2.23. The zero-order valence-electron chi connectivity index (χ0n) is 13.9. The SMILES string of the molecule is O=C1Nc2ccccc2-c2cnnc3[nH]cc(c23)C1c1ccc(O)c(F)c1. The van der Waals surface area contributed by atoms with Crippen molar-refractivity contribution in [2.75, 3.05) is 5.32 Å². The van der Waals surface area contributed by atoms with E-state index in [1.165, 1.54) is 12.1 Å². The van der Waals surface area contributed by atoms with E-state index >= 15 is 0 Å². The summed E-state index contributed by atoms with van der Waals surface area (Å²) in [7, 11) is 0. The lowest BCUT2D eigenvalue weighted by molar-refractivity contribution is -0.116. The predicted molar refractivity (Wildman–Crippen MR) is 97.9 cm³/mol. The largest absolute Gasteiger partial charge is 0.505 e. The van der Waals surface area contributed by atoms with Crippen LogP contribution in [0.4, 0.5) is 10.1 Å². The highest BCUT2D eigenvalue weighted by atomic mass is 19.1. The summed E-state index contributed by atoms with van der Waals surface area (Å²) < 4.78 is 14.0. The van der Waals surface area contributed by atoms with Gasteiger partial charge in [-0.1, -0.05) is 24.3 Å². The Morgan fingerprint density at radius 3 is 2.81 bits per heavy atom. The minimum Gasteiger partial charge on any atom is -0.505 e. The number of carbonyl (C=O) groups is 1. The van der Waals surface area contributed by atoms with Gasteiger partial charge in [0.05, 0.1) is 12.1 Å². The number of para-hydroxylation sites is 1. The lowest BCUT2D eigenvalue weighted by Gasteiger charge is -2.22. The summed E-state index contributed by atoms with van der Waals surface area (Å²) >= 11 is 0. The van der Waals surface area contributed by atoms with Crippen LogP contribution in [0.3, 0.4) is 0 Å². The number of aromatic hydroxyl groups is 1. The number of phenolic OH excluding ortho intramolecular Hbond substituents is 1. The number of rotatable bonds is 1. The molecule has 0 aliphatic carbocycles. The molecule has 1 unspecified atom stereocenters. The highest BCUT2D eigenvalue weighted by molar-refractivity contribution is 6.09. The van der Waals surface area contributed by atoms with Crippen molar-refractivity contribution in [3.05, 3.63) is 71.8 Å². The van der Waals surface area contributed by atoms with Crippen LogP contribution < -0.4 is 5.32 Å². The van der Waals surface area contributed by atoms with Crippen molar-refractivity contribution in [2.45, 2.75) is 5.92 Å². The Labute approximate surface area is 152 Å². The molecule has 2 aromatic carbocycles. The molecule has 2 aromatic heterocycles. The number of carbonyl (C=O) groups excluding carboxylic acids is 1. The fourth-order valence-corrected chi connectivity index (χ4v) is 3.64. The van der Waals surface area contributed by atoms with E-state index in [0.29, 0.717) is 22.5 Å². The summed E-state index contributed by atoms with van der Waals surface area (Å²) in [6.45, 7) is 0. The number of fused-ring (bicyclic) bond motifs is 2. The number of benzene rings is 2. The number of hydrogen-bond donors (Lipinski definition) is 3. The van der Waals surface area contributed by atoms with Gasteiger partial charge < -0.3 is 15.4 Å². The quantitative estimate of drug-likeness (QED) is 0.484. The van der Waals surface area contributed by atoms with E-state index in [4.69, 9.17) is 0 Å². The van der Waals surface area contributed by atoms with Gasteiger partial charge in [0, 0.05) is 28.4 Å². The molecule has 1 aliphatic heterocycles. The number of aromatic nitrogens is 3. The molecule has 0 saturated carbocycles. The van der Waals surface area contributed by atoms with Crippen LogP contribution in [-0.2, 0) is 4.79 Å². The molecular weight excluding hydrogens is 347 g/mol. The normalized spacial score (nSPS) is 15.7. The first-order valence-corrected chi connectivity index (χ1v) is 8.35. The summed E-state index contributed by atoms with van der Waals surface area (Å²) in [6.07, 6.45) is 3.36. The lowest BCUT2D eigenvalue weighted by atomic mass is 9.86. The Hall–Kier alpha value is -3.74. The van der Waals surface area contributed by atoms with Crippen LogP contribution in [0.15, 0.2) is 54.9 Å². The Bertz CT molecular complexity index is 1220. The monoisotopic (exact) mass is 360 g/mol. The molecule has 5 rings (SSSR count). The summed E-state index contributed by atoms with van der Waals surface area (Å²) in [5.41, 5.74) is 3.97. The Kier molecular flexibility index (Phi) is 3.24. The average molecular weight is 360 g/mol. The molecule has 1 atom stereocenters. The number of amides is 1. The maximum atomic E-state index is 14.0. The number of nitrogens with one attached hydrogen (secondary N) is 2. The van der Waals surface area contributed by atoms with Crippen molar-refractivity contribution in [3.63, 3.8) is 0 Å². The van der Waals surface area contributed by atoms with Gasteiger partial charge in [-0.15, -0.1) is 5.10 Å². The Morgan fingerprint density at radius 2 is 1.96 bits per heavy atom. The Morgan fingerprint density at radius 1 is 1.11 bits per heavy atom. The molecule has 1 aliphatic rings. The van der Waals surface area contributed by atoms with Crippen LogP contribution in [-0.4, -0.2) is 26.2 Å². The molecule has 3 heterocycles. The van der Waals surface area contributed by atoms with Crippen LogP contribution in [0.1, 0.15) is 17.0 Å². The fourth-order valence-electron chi connectivity index (χ4n) is 3.64. The summed E-state index contributed by atoms with van der Waals surface area (Å²) in [4.78, 5) is 16.2. The highest BCUT2D eigenvalue weighted by Gasteiger charge is 2.31. The first-order valence-electron chi connectivity index (χ1n) is 8.35. The molecule has 7 heteroatoms. The zero-order valence-corrected chi connectivity index (χ0v) is 13.9. The van der Waals surface area contributed by atoms with E-state index in [-0.39, 0.29) is 5.91 Å². The second-order valence-corrected chi connectivity index (χ2v) is 6.40. The van der Waals surface area contributed by atoms with Crippen LogP contribution in [0, 0.1) is 5.82 Å². The second-order valence-electron chi connectivity index (χ2n) is 6.40. The molecule has 0 bridgehead atoms. The summed E-state index contributed by atoms with van der Waals surface area (Å²) in [5, 5.41) is 21.4. The van der Waals surface area contributed by atoms with Crippen molar-refractivity contribution in [2.24, 2.45) is 0 Å². The topological polar surface area (TPSA) is 90.9 Å². The first-order chi connectivity index (χ1) is 13.1. The van der Waals surface area contributed by atoms with Crippen molar-refractivity contribution < 1.29 is 14.3 Å². The molecule has 3 N–H and O–H groups in total. The second kappa shape index (κ2) is 5.63. The van der Waals surface area contributed by atoms with Crippen LogP contribution in [0.5, 0.6) is 5.75 Å². The van der Waals surface area contributed by atoms with Gasteiger partial charge in [0.1, 0.15) is 0 Å². The third-order valence-electron chi connectivity index (χ3n) is 4.86. The van der Waals surface area contributed by atoms with Crippen LogP contribution in [0.25, 0.3) is 22.2 Å². The smallest absolute Gasteiger partial charge is 0.236 e. The van der Waals surface area contributed by atoms with Gasteiger partial charge in [-0.05, 0) is 29.3 Å². The Balaban J connectivity index is 1.84. The molecule has 0 fully saturated rings. The van der Waals surface area contributed by atoms with Crippen molar-refractivity contribution in [1.29, 1.82) is 0 Å². The number of H-pyrrole nitrogens is 1. The fraction of sp³-hybridized carbons (Fsp3) is 0.0500. The van der Waals surface area contributed by atoms with Gasteiger partial charge in [-0.2, -0.15) is 5.10 Å². The highest BCUT2D eigenvalue weighted by Crippen LogP contribution is 2.41. The van der Waals surface area contributed by atoms with Gasteiger partial charge in [0.15, 0.2) is 17.2 Å². The number of anilines is 1. The first kappa shape index (κ1) is 15.5. The number of aromatic amines is 1. The molecular formula is C20H13FN4O2. The van der Waals surface area contributed by atoms with E-state index in [2.05, 4.69) is 20.5 Å². The average Bonchev–Trinajstić information content (AvgIpc) is 3.08. The van der Waals surface area contributed by atoms with Crippen molar-refractivity contribution in [1.82, 2.24) is 15.2 Å². The molecule has 0 radical (unpaired) electrons. The number of phenols is 1. The van der Waals surface area contributed by atoms with Gasteiger partial charge in [0.25, 0.3) is 0 Å². The van der Waals surface area contributed by atoms with Gasteiger partial charge >= 0.3 is 0 Å². The molecule has 0 spiro atoms. The van der Waals surface area contributed by atoms with E-state index in [1.54, 1.807) is 18.5 Å². The maximum absolute atomic E-state index is 14.0. The molecule has 0 saturated heterocycles. The van der Waals surface area contributed by atoms with Crippen LogP contribution in [0.2, 0.25) is 0 Å². The van der Waals surface area contributed by atoms with Gasteiger partial charge in [0.2, 0.25) is 5.91 Å². The minimum absolute atomic E-state index is 0.295. The molecule has 132 valence electrons. The van der Waals surface area contributed by atoms with Crippen LogP contribution >= 0.6 is 0 Å². The predicted octanol–water partition coefficient (Wildman–Crippen LogP) is 3.55. The van der Waals surface area contributed by atoms with Gasteiger partial charge in [-0.25, -0.2) is 4.39 Å². The van der Waals surface area contributed by atoms with Gasteiger partial charge in [-0.3, -0.25) is 4.79 Å². The molecule has 27 heavy (non-hydrogen) atoms.